The molecule has 1 aliphatic carbocycles. The first kappa shape index (κ1) is 16.2. The summed E-state index contributed by atoms with van der Waals surface area (Å²) in [5, 5.41) is 11.0. The van der Waals surface area contributed by atoms with E-state index in [1.54, 1.807) is 0 Å². The van der Waals surface area contributed by atoms with E-state index >= 15 is 0 Å². The molecule has 0 spiro atoms. The van der Waals surface area contributed by atoms with E-state index in [1.165, 1.54) is 0 Å². The van der Waals surface area contributed by atoms with Crippen LogP contribution in [-0.2, 0) is 9.59 Å². The first-order valence-corrected chi connectivity index (χ1v) is 6.79. The third-order valence-electron chi connectivity index (χ3n) is 3.37. The highest BCUT2D eigenvalue weighted by atomic mass is 16.4. The third-order valence-corrected chi connectivity index (χ3v) is 3.37. The molecule has 6 N–H and O–H groups in total. The molecule has 0 aliphatic heterocycles. The lowest BCUT2D eigenvalue weighted by atomic mass is 9.98. The molecule has 8 heteroatoms. The van der Waals surface area contributed by atoms with Crippen LogP contribution in [0.15, 0.2) is 0 Å². The normalized spacial score (nSPS) is 16.6. The fraction of sp³-hybridized carbons (Fsp3) is 0.750. The smallest absolute Gasteiger partial charge is 0.405 e. The van der Waals surface area contributed by atoms with Crippen LogP contribution in [0, 0.1) is 5.92 Å². The average molecular weight is 286 g/mol. The molecular formula is C12H22N4O4. The van der Waals surface area contributed by atoms with E-state index < -0.39 is 23.9 Å². The maximum atomic E-state index is 11.9. The lowest BCUT2D eigenvalue weighted by molar-refractivity contribution is -0.125. The average Bonchev–Trinajstić information content (AvgIpc) is 2.85. The van der Waals surface area contributed by atoms with Crippen LogP contribution in [0.2, 0.25) is 0 Å². The summed E-state index contributed by atoms with van der Waals surface area (Å²) in [6.45, 7) is 0.213. The number of hydrogen-bond acceptors (Lipinski definition) is 4. The Morgan fingerprint density at radius 1 is 1.25 bits per heavy atom. The second kappa shape index (κ2) is 8.36. The Morgan fingerprint density at radius 3 is 2.45 bits per heavy atom. The lowest BCUT2D eigenvalue weighted by Crippen LogP contribution is -2.51. The summed E-state index contributed by atoms with van der Waals surface area (Å²) in [5.74, 6) is -0.537. The minimum Gasteiger partial charge on any atom is -0.465 e. The van der Waals surface area contributed by atoms with E-state index in [2.05, 4.69) is 16.2 Å². The second-order valence-corrected chi connectivity index (χ2v) is 5.02. The molecule has 0 saturated heterocycles. The van der Waals surface area contributed by atoms with Crippen LogP contribution in [0.5, 0.6) is 0 Å². The Labute approximate surface area is 117 Å². The fourth-order valence-electron chi connectivity index (χ4n) is 2.38. The van der Waals surface area contributed by atoms with Gasteiger partial charge in [-0.2, -0.15) is 0 Å². The monoisotopic (exact) mass is 286 g/mol. The van der Waals surface area contributed by atoms with E-state index in [0.29, 0.717) is 12.3 Å². The molecular weight excluding hydrogens is 264 g/mol. The maximum absolute atomic E-state index is 11.9. The quantitative estimate of drug-likeness (QED) is 0.308. The Hall–Kier alpha value is -1.83. The minimum atomic E-state index is -1.22. The summed E-state index contributed by atoms with van der Waals surface area (Å²) in [7, 11) is 0. The van der Waals surface area contributed by atoms with Gasteiger partial charge in [0.2, 0.25) is 5.91 Å². The molecule has 114 valence electrons. The molecule has 0 aromatic rings. The van der Waals surface area contributed by atoms with Crippen molar-refractivity contribution in [2.24, 2.45) is 11.7 Å². The molecule has 3 amide bonds. The summed E-state index contributed by atoms with van der Waals surface area (Å²) in [6.07, 6.45) is 3.68. The van der Waals surface area contributed by atoms with E-state index in [-0.39, 0.29) is 13.0 Å². The molecule has 1 atom stereocenters. The largest absolute Gasteiger partial charge is 0.465 e. The highest BCUT2D eigenvalue weighted by molar-refractivity contribution is 5.84. The summed E-state index contributed by atoms with van der Waals surface area (Å²) < 4.78 is 0. The van der Waals surface area contributed by atoms with Gasteiger partial charge in [0.25, 0.3) is 5.91 Å². The van der Waals surface area contributed by atoms with Gasteiger partial charge in [-0.05, 0) is 12.3 Å². The Kier molecular flexibility index (Phi) is 6.78. The highest BCUT2D eigenvalue weighted by Gasteiger charge is 2.26. The number of carboxylic acid groups (broad SMARTS) is 1. The van der Waals surface area contributed by atoms with Crippen LogP contribution in [-0.4, -0.2) is 35.6 Å². The van der Waals surface area contributed by atoms with Crippen LogP contribution in [0.1, 0.15) is 38.5 Å². The minimum absolute atomic E-state index is 0.0972. The summed E-state index contributed by atoms with van der Waals surface area (Å²) >= 11 is 0. The van der Waals surface area contributed by atoms with Crippen molar-refractivity contribution in [2.75, 3.05) is 6.54 Å². The Bertz CT molecular complexity index is 355. The van der Waals surface area contributed by atoms with Crippen LogP contribution >= 0.6 is 0 Å². The van der Waals surface area contributed by atoms with Gasteiger partial charge in [-0.15, -0.1) is 0 Å². The first-order chi connectivity index (χ1) is 9.49. The molecule has 0 bridgehead atoms. The van der Waals surface area contributed by atoms with Crippen molar-refractivity contribution in [3.05, 3.63) is 0 Å². The fourth-order valence-corrected chi connectivity index (χ4v) is 2.38. The third kappa shape index (κ3) is 6.37. The number of primary amides is 1. The zero-order valence-corrected chi connectivity index (χ0v) is 11.4. The van der Waals surface area contributed by atoms with E-state index in [4.69, 9.17) is 10.8 Å². The van der Waals surface area contributed by atoms with Crippen molar-refractivity contribution in [1.29, 1.82) is 0 Å². The molecule has 1 saturated carbocycles. The summed E-state index contributed by atoms with van der Waals surface area (Å²) in [5.41, 5.74) is 9.92. The van der Waals surface area contributed by atoms with Crippen molar-refractivity contribution in [3.8, 4) is 0 Å². The van der Waals surface area contributed by atoms with Crippen molar-refractivity contribution in [2.45, 2.75) is 44.6 Å². The number of amides is 3. The van der Waals surface area contributed by atoms with Crippen LogP contribution in [0.3, 0.4) is 0 Å². The number of carbonyl (C=O) groups excluding carboxylic acids is 2. The zero-order valence-electron chi connectivity index (χ0n) is 11.4. The van der Waals surface area contributed by atoms with Gasteiger partial charge in [-0.3, -0.25) is 15.0 Å². The molecule has 0 radical (unpaired) electrons. The lowest BCUT2D eigenvalue weighted by Gasteiger charge is -2.20. The van der Waals surface area contributed by atoms with Crippen LogP contribution in [0.25, 0.3) is 0 Å². The molecule has 1 rings (SSSR count). The molecule has 8 nitrogen and oxygen atoms in total. The number of nitrogens with two attached hydrogens (primary N) is 1. The van der Waals surface area contributed by atoms with Crippen molar-refractivity contribution in [1.82, 2.24) is 16.2 Å². The second-order valence-electron chi connectivity index (χ2n) is 5.02. The van der Waals surface area contributed by atoms with E-state index in [0.717, 1.165) is 25.7 Å². The zero-order chi connectivity index (χ0) is 15.0. The molecule has 1 fully saturated rings. The van der Waals surface area contributed by atoms with Gasteiger partial charge in [-0.1, -0.05) is 25.7 Å². The van der Waals surface area contributed by atoms with E-state index in [9.17, 15) is 14.4 Å². The molecule has 1 unspecified atom stereocenters. The Morgan fingerprint density at radius 2 is 1.90 bits per heavy atom. The van der Waals surface area contributed by atoms with E-state index in [1.807, 2.05) is 0 Å². The van der Waals surface area contributed by atoms with Gasteiger partial charge in [0.1, 0.15) is 6.04 Å². The van der Waals surface area contributed by atoms with Crippen LogP contribution < -0.4 is 21.9 Å². The predicted octanol–water partition coefficient (Wildman–Crippen LogP) is -0.301. The maximum Gasteiger partial charge on any atom is 0.405 e. The van der Waals surface area contributed by atoms with Gasteiger partial charge in [0, 0.05) is 13.0 Å². The molecule has 0 aromatic carbocycles. The van der Waals surface area contributed by atoms with Crippen molar-refractivity contribution in [3.63, 3.8) is 0 Å². The number of rotatable bonds is 8. The van der Waals surface area contributed by atoms with Gasteiger partial charge >= 0.3 is 6.09 Å². The number of nitrogens with one attached hydrogen (secondary N) is 3. The van der Waals surface area contributed by atoms with Gasteiger partial charge in [-0.25, -0.2) is 10.2 Å². The first-order valence-electron chi connectivity index (χ1n) is 6.79. The summed E-state index contributed by atoms with van der Waals surface area (Å²) in [6, 6.07) is -0.781. The molecule has 1 aliphatic rings. The van der Waals surface area contributed by atoms with Crippen molar-refractivity contribution >= 4 is 17.9 Å². The predicted molar refractivity (Wildman–Crippen MR) is 71.5 cm³/mol. The molecule has 0 heterocycles. The van der Waals surface area contributed by atoms with Gasteiger partial charge in [0.05, 0.1) is 0 Å². The van der Waals surface area contributed by atoms with Crippen LogP contribution in [0.4, 0.5) is 4.79 Å². The van der Waals surface area contributed by atoms with Gasteiger partial charge in [0.15, 0.2) is 0 Å². The number of hydrogen-bond donors (Lipinski definition) is 5. The molecule has 20 heavy (non-hydrogen) atoms. The molecule has 0 aromatic heterocycles. The van der Waals surface area contributed by atoms with Crippen molar-refractivity contribution < 1.29 is 19.5 Å². The van der Waals surface area contributed by atoms with Gasteiger partial charge < -0.3 is 16.2 Å². The standard InChI is InChI=1S/C12H22N4O4/c13-10(17)5-6-14-16-11(18)9(15-12(19)20)7-8-3-1-2-4-8/h8-9,14-15H,1-7H2,(H2,13,17)(H,16,18)(H,19,20). The number of carbonyl (C=O) groups is 3. The SMILES string of the molecule is NC(=O)CCNNC(=O)C(CC1CCCC1)NC(=O)O. The highest BCUT2D eigenvalue weighted by Crippen LogP contribution is 2.28. The topological polar surface area (TPSA) is 134 Å². The number of hydrazine groups is 1. The Balaban J connectivity index is 2.38. The summed E-state index contributed by atoms with van der Waals surface area (Å²) in [4.78, 5) is 33.2.